The lowest BCUT2D eigenvalue weighted by Crippen LogP contribution is -1.93. The third-order valence-electron chi connectivity index (χ3n) is 0.518. The molecule has 0 amide bonds. The van der Waals surface area contributed by atoms with E-state index in [1.807, 2.05) is 0 Å². The Hall–Kier alpha value is -0.500. The number of hydrogen-bond acceptors (Lipinski definition) is 2. The Balaban J connectivity index is 3.70. The zero-order valence-corrected chi connectivity index (χ0v) is 5.53. The van der Waals surface area contributed by atoms with Gasteiger partial charge in [-0.3, -0.25) is 0 Å². The molecule has 3 heteroatoms. The Bertz CT molecular complexity index is 114. The number of allylic oxidation sites excluding steroid dienone is 1. The van der Waals surface area contributed by atoms with Crippen LogP contribution in [-0.2, 0) is 9.53 Å². The molecule has 0 aliphatic heterocycles. The van der Waals surface area contributed by atoms with E-state index in [1.54, 1.807) is 6.92 Å². The highest BCUT2D eigenvalue weighted by Crippen LogP contribution is 1.96. The van der Waals surface area contributed by atoms with Gasteiger partial charge in [-0.1, -0.05) is 11.6 Å². The SMILES string of the molecule is COC(=O)/C=C(\C)Cl. The van der Waals surface area contributed by atoms with Crippen molar-refractivity contribution in [2.45, 2.75) is 6.92 Å². The van der Waals surface area contributed by atoms with E-state index in [0.29, 0.717) is 5.03 Å². The maximum Gasteiger partial charge on any atom is 0.331 e. The fraction of sp³-hybridized carbons (Fsp3) is 0.400. The van der Waals surface area contributed by atoms with Crippen molar-refractivity contribution in [3.63, 3.8) is 0 Å². The Morgan fingerprint density at radius 2 is 2.25 bits per heavy atom. The van der Waals surface area contributed by atoms with Gasteiger partial charge in [-0.2, -0.15) is 0 Å². The van der Waals surface area contributed by atoms with Gasteiger partial charge in [-0.15, -0.1) is 0 Å². The number of rotatable bonds is 1. The van der Waals surface area contributed by atoms with Gasteiger partial charge in [0.05, 0.1) is 7.11 Å². The first-order chi connectivity index (χ1) is 3.66. The molecular weight excluding hydrogens is 128 g/mol. The fourth-order valence-corrected chi connectivity index (χ4v) is 0.310. The number of esters is 1. The van der Waals surface area contributed by atoms with Crippen LogP contribution in [0.5, 0.6) is 0 Å². The molecule has 0 bridgehead atoms. The van der Waals surface area contributed by atoms with Crippen molar-refractivity contribution in [1.82, 2.24) is 0 Å². The molecule has 0 rings (SSSR count). The molecule has 2 nitrogen and oxygen atoms in total. The van der Waals surface area contributed by atoms with Crippen molar-refractivity contribution in [2.75, 3.05) is 7.11 Å². The van der Waals surface area contributed by atoms with E-state index in [0.717, 1.165) is 0 Å². The predicted octanol–water partition coefficient (Wildman–Crippen LogP) is 1.30. The summed E-state index contributed by atoms with van der Waals surface area (Å²) in [4.78, 5) is 10.2. The zero-order valence-electron chi connectivity index (χ0n) is 4.77. The van der Waals surface area contributed by atoms with Gasteiger partial charge in [0.25, 0.3) is 0 Å². The summed E-state index contributed by atoms with van der Waals surface area (Å²) in [6, 6.07) is 0. The summed E-state index contributed by atoms with van der Waals surface area (Å²) in [6.07, 6.45) is 1.21. The Kier molecular flexibility index (Phi) is 3.28. The zero-order chi connectivity index (χ0) is 6.57. The van der Waals surface area contributed by atoms with E-state index in [1.165, 1.54) is 13.2 Å². The van der Waals surface area contributed by atoms with Crippen LogP contribution in [0.3, 0.4) is 0 Å². The summed E-state index contributed by atoms with van der Waals surface area (Å²) in [7, 11) is 1.30. The lowest BCUT2D eigenvalue weighted by molar-refractivity contribution is -0.134. The second kappa shape index (κ2) is 3.50. The van der Waals surface area contributed by atoms with Gasteiger partial charge in [0.2, 0.25) is 0 Å². The topological polar surface area (TPSA) is 26.3 Å². The summed E-state index contributed by atoms with van der Waals surface area (Å²) < 4.78 is 4.26. The molecule has 0 spiro atoms. The highest BCUT2D eigenvalue weighted by molar-refractivity contribution is 6.30. The van der Waals surface area contributed by atoms with E-state index in [9.17, 15) is 4.79 Å². The van der Waals surface area contributed by atoms with Crippen LogP contribution in [0.2, 0.25) is 0 Å². The molecule has 0 N–H and O–H groups in total. The predicted molar refractivity (Wildman–Crippen MR) is 31.6 cm³/mol. The van der Waals surface area contributed by atoms with Gasteiger partial charge in [-0.05, 0) is 6.92 Å². The minimum Gasteiger partial charge on any atom is -0.466 e. The van der Waals surface area contributed by atoms with Crippen LogP contribution in [0.4, 0.5) is 0 Å². The number of halogens is 1. The van der Waals surface area contributed by atoms with E-state index in [4.69, 9.17) is 11.6 Å². The second-order valence-electron chi connectivity index (χ2n) is 1.25. The summed E-state index contributed by atoms with van der Waals surface area (Å²) in [5.41, 5.74) is 0. The van der Waals surface area contributed by atoms with Crippen molar-refractivity contribution in [2.24, 2.45) is 0 Å². The normalized spacial score (nSPS) is 11.1. The van der Waals surface area contributed by atoms with E-state index in [-0.39, 0.29) is 0 Å². The van der Waals surface area contributed by atoms with Crippen LogP contribution in [0.25, 0.3) is 0 Å². The van der Waals surface area contributed by atoms with Crippen molar-refractivity contribution in [3.05, 3.63) is 11.1 Å². The van der Waals surface area contributed by atoms with Crippen LogP contribution in [0.15, 0.2) is 11.1 Å². The van der Waals surface area contributed by atoms with Crippen molar-refractivity contribution in [1.29, 1.82) is 0 Å². The number of carbonyl (C=O) groups excluding carboxylic acids is 1. The average Bonchev–Trinajstić information content (AvgIpc) is 1.65. The standard InChI is InChI=1S/C5H7ClO2/c1-4(6)3-5(7)8-2/h3H,1-2H3/b4-3+. The third kappa shape index (κ3) is 3.68. The monoisotopic (exact) mass is 134 g/mol. The largest absolute Gasteiger partial charge is 0.466 e. The van der Waals surface area contributed by atoms with Crippen LogP contribution in [0.1, 0.15) is 6.92 Å². The minimum atomic E-state index is -0.419. The van der Waals surface area contributed by atoms with E-state index < -0.39 is 5.97 Å². The molecule has 0 heterocycles. The van der Waals surface area contributed by atoms with E-state index in [2.05, 4.69) is 4.74 Å². The van der Waals surface area contributed by atoms with Gasteiger partial charge in [0.15, 0.2) is 0 Å². The maximum absolute atomic E-state index is 10.2. The van der Waals surface area contributed by atoms with Gasteiger partial charge >= 0.3 is 5.97 Å². The molecule has 46 valence electrons. The highest BCUT2D eigenvalue weighted by Gasteiger charge is 1.90. The molecule has 0 unspecified atom stereocenters. The van der Waals surface area contributed by atoms with Crippen molar-refractivity contribution < 1.29 is 9.53 Å². The second-order valence-corrected chi connectivity index (χ2v) is 1.85. The Labute approximate surface area is 53.1 Å². The number of ether oxygens (including phenoxy) is 1. The van der Waals surface area contributed by atoms with Crippen molar-refractivity contribution >= 4 is 17.6 Å². The van der Waals surface area contributed by atoms with Gasteiger partial charge in [-0.25, -0.2) is 4.79 Å². The van der Waals surface area contributed by atoms with Gasteiger partial charge in [0.1, 0.15) is 0 Å². The maximum atomic E-state index is 10.2. The Morgan fingerprint density at radius 3 is 2.38 bits per heavy atom. The third-order valence-corrected chi connectivity index (χ3v) is 0.627. The Morgan fingerprint density at radius 1 is 1.75 bits per heavy atom. The van der Waals surface area contributed by atoms with Crippen LogP contribution >= 0.6 is 11.6 Å². The highest BCUT2D eigenvalue weighted by atomic mass is 35.5. The molecule has 8 heavy (non-hydrogen) atoms. The summed E-state index contributed by atoms with van der Waals surface area (Å²) in [5.74, 6) is -0.419. The summed E-state index contributed by atoms with van der Waals surface area (Å²) in [5, 5.41) is 0.428. The number of hydrogen-bond donors (Lipinski definition) is 0. The molecule has 0 aliphatic rings. The smallest absolute Gasteiger partial charge is 0.331 e. The first-order valence-electron chi connectivity index (χ1n) is 2.08. The van der Waals surface area contributed by atoms with Crippen molar-refractivity contribution in [3.8, 4) is 0 Å². The van der Waals surface area contributed by atoms with Gasteiger partial charge < -0.3 is 4.74 Å². The molecule has 0 aromatic rings. The molecular formula is C5H7ClO2. The van der Waals surface area contributed by atoms with Crippen LogP contribution in [0, 0.1) is 0 Å². The minimum absolute atomic E-state index is 0.419. The lowest BCUT2D eigenvalue weighted by Gasteiger charge is -1.87. The molecule has 0 saturated carbocycles. The van der Waals surface area contributed by atoms with Crippen LogP contribution in [-0.4, -0.2) is 13.1 Å². The first kappa shape index (κ1) is 7.50. The fourth-order valence-electron chi connectivity index (χ4n) is 0.221. The quantitative estimate of drug-likeness (QED) is 0.399. The molecule has 0 radical (unpaired) electrons. The number of carbonyl (C=O) groups is 1. The molecule has 0 fully saturated rings. The molecule has 0 atom stereocenters. The summed E-state index contributed by atoms with van der Waals surface area (Å²) in [6.45, 7) is 1.61. The van der Waals surface area contributed by atoms with E-state index >= 15 is 0 Å². The van der Waals surface area contributed by atoms with Gasteiger partial charge in [0, 0.05) is 11.1 Å². The lowest BCUT2D eigenvalue weighted by atomic mass is 10.5. The van der Waals surface area contributed by atoms with Crippen LogP contribution < -0.4 is 0 Å². The average molecular weight is 135 g/mol. The first-order valence-corrected chi connectivity index (χ1v) is 2.46. The molecule has 0 aliphatic carbocycles. The molecule has 0 aromatic heterocycles. The summed E-state index contributed by atoms with van der Waals surface area (Å²) >= 11 is 5.31. The molecule has 0 saturated heterocycles. The number of methoxy groups -OCH3 is 1. The molecule has 0 aromatic carbocycles.